The zero-order chi connectivity index (χ0) is 7.33. The van der Waals surface area contributed by atoms with Gasteiger partial charge in [0, 0.05) is 12.4 Å². The number of sulfone groups is 1. The number of hydrogen-bond donors (Lipinski definition) is 2. The van der Waals surface area contributed by atoms with Crippen molar-refractivity contribution in [2.45, 2.75) is 0 Å². The molecule has 0 spiro atoms. The smallest absolute Gasteiger partial charge is 0.195 e. The Morgan fingerprint density at radius 3 is 1.56 bits per heavy atom. The molecule has 0 aliphatic heterocycles. The van der Waals surface area contributed by atoms with Crippen LogP contribution in [0, 0.1) is 0 Å². The average Bonchev–Trinajstić information content (AvgIpc) is 1.64. The van der Waals surface area contributed by atoms with Gasteiger partial charge in [0.15, 0.2) is 9.84 Å². The Labute approximate surface area is 53.8 Å². The van der Waals surface area contributed by atoms with Crippen LogP contribution in [-0.4, -0.2) is 8.42 Å². The van der Waals surface area contributed by atoms with Gasteiger partial charge in [0.05, 0.1) is 10.8 Å². The van der Waals surface area contributed by atoms with E-state index in [9.17, 15) is 8.42 Å². The lowest BCUT2D eigenvalue weighted by Crippen LogP contribution is -1.92. The largest absolute Gasteiger partial charge is 0.404 e. The number of nitrogens with two attached hydrogens (primary N) is 2. The molecule has 0 aliphatic carbocycles. The minimum absolute atomic E-state index is 0.857. The summed E-state index contributed by atoms with van der Waals surface area (Å²) >= 11 is 0. The molecule has 0 aromatic carbocycles. The van der Waals surface area contributed by atoms with Crippen molar-refractivity contribution in [1.29, 1.82) is 0 Å². The first kappa shape index (κ1) is 8.03. The molecule has 0 radical (unpaired) electrons. The van der Waals surface area contributed by atoms with Crippen LogP contribution < -0.4 is 11.5 Å². The normalized spacial score (nSPS) is 13.3. The Hall–Kier alpha value is -0.970. The zero-order valence-corrected chi connectivity index (χ0v) is 5.51. The fourth-order valence-electron chi connectivity index (χ4n) is 0.264. The van der Waals surface area contributed by atoms with Crippen LogP contribution in [0.5, 0.6) is 0 Å². The van der Waals surface area contributed by atoms with Gasteiger partial charge in [0.25, 0.3) is 0 Å². The highest BCUT2D eigenvalue weighted by molar-refractivity contribution is 7.97. The van der Waals surface area contributed by atoms with Crippen molar-refractivity contribution in [1.82, 2.24) is 0 Å². The molecule has 0 unspecified atom stereocenters. The summed E-state index contributed by atoms with van der Waals surface area (Å²) in [6.07, 6.45) is 1.88. The van der Waals surface area contributed by atoms with Gasteiger partial charge in [-0.1, -0.05) is 0 Å². The van der Waals surface area contributed by atoms with Crippen molar-refractivity contribution in [3.8, 4) is 0 Å². The highest BCUT2D eigenvalue weighted by Crippen LogP contribution is 1.90. The predicted octanol–water partition coefficient (Wildman–Crippen LogP) is -0.739. The van der Waals surface area contributed by atoms with Crippen LogP contribution in [0.15, 0.2) is 23.2 Å². The van der Waals surface area contributed by atoms with Crippen molar-refractivity contribution in [3.05, 3.63) is 23.2 Å². The van der Waals surface area contributed by atoms with Crippen molar-refractivity contribution >= 4 is 9.84 Å². The van der Waals surface area contributed by atoms with Gasteiger partial charge < -0.3 is 11.5 Å². The van der Waals surface area contributed by atoms with Crippen LogP contribution >= 0.6 is 0 Å². The minimum Gasteiger partial charge on any atom is -0.404 e. The molecule has 9 heavy (non-hydrogen) atoms. The zero-order valence-electron chi connectivity index (χ0n) is 4.69. The van der Waals surface area contributed by atoms with E-state index in [0.717, 1.165) is 23.2 Å². The summed E-state index contributed by atoms with van der Waals surface area (Å²) in [4.78, 5) is 0. The third-order valence-electron chi connectivity index (χ3n) is 0.536. The van der Waals surface area contributed by atoms with Gasteiger partial charge in [-0.3, -0.25) is 0 Å². The third-order valence-corrected chi connectivity index (χ3v) is 1.61. The van der Waals surface area contributed by atoms with Crippen LogP contribution in [0.3, 0.4) is 0 Å². The fourth-order valence-corrected chi connectivity index (χ4v) is 0.793. The van der Waals surface area contributed by atoms with E-state index in [1.807, 2.05) is 0 Å². The lowest BCUT2D eigenvalue weighted by atomic mass is 11.1. The molecular formula is C4H8N2O2S. The summed E-state index contributed by atoms with van der Waals surface area (Å²) in [5.41, 5.74) is 9.62. The van der Waals surface area contributed by atoms with Gasteiger partial charge >= 0.3 is 0 Å². The SMILES string of the molecule is N/C=C/S(=O)(=O)/C=C/N. The van der Waals surface area contributed by atoms with Crippen LogP contribution in [0.25, 0.3) is 0 Å². The maximum absolute atomic E-state index is 10.5. The highest BCUT2D eigenvalue weighted by Gasteiger charge is 1.94. The van der Waals surface area contributed by atoms with Crippen molar-refractivity contribution in [2.24, 2.45) is 11.5 Å². The molecule has 4 N–H and O–H groups in total. The van der Waals surface area contributed by atoms with Crippen LogP contribution in [-0.2, 0) is 9.84 Å². The molecule has 0 heterocycles. The minimum atomic E-state index is -3.29. The molecule has 0 saturated heterocycles. The summed E-state index contributed by atoms with van der Waals surface area (Å²) in [7, 11) is -3.29. The molecule has 0 saturated carbocycles. The van der Waals surface area contributed by atoms with Gasteiger partial charge in [0.1, 0.15) is 0 Å². The Kier molecular flexibility index (Phi) is 2.80. The Bertz CT molecular complexity index is 197. The van der Waals surface area contributed by atoms with E-state index < -0.39 is 9.84 Å². The van der Waals surface area contributed by atoms with E-state index in [2.05, 4.69) is 0 Å². The molecule has 0 atom stereocenters. The van der Waals surface area contributed by atoms with E-state index in [0.29, 0.717) is 0 Å². The topological polar surface area (TPSA) is 86.2 Å². The fraction of sp³-hybridized carbons (Fsp3) is 0. The Morgan fingerprint density at radius 1 is 1.00 bits per heavy atom. The molecule has 0 aliphatic rings. The quantitative estimate of drug-likeness (QED) is 0.540. The van der Waals surface area contributed by atoms with Crippen LogP contribution in [0.2, 0.25) is 0 Å². The molecule has 4 nitrogen and oxygen atoms in total. The standard InChI is InChI=1S/C4H8N2O2S/c5-1-3-9(7,8)4-2-6/h1-4H,5-6H2/b3-1+,4-2+. The maximum atomic E-state index is 10.5. The van der Waals surface area contributed by atoms with Gasteiger partial charge in [-0.25, -0.2) is 8.42 Å². The molecular weight excluding hydrogens is 140 g/mol. The molecule has 0 fully saturated rings. The molecule has 0 aromatic heterocycles. The monoisotopic (exact) mass is 148 g/mol. The van der Waals surface area contributed by atoms with Gasteiger partial charge in [0.2, 0.25) is 0 Å². The lowest BCUT2D eigenvalue weighted by Gasteiger charge is -1.82. The summed E-state index contributed by atoms with van der Waals surface area (Å²) in [6.45, 7) is 0. The highest BCUT2D eigenvalue weighted by atomic mass is 32.2. The second kappa shape index (κ2) is 3.13. The van der Waals surface area contributed by atoms with Crippen LogP contribution in [0.4, 0.5) is 0 Å². The van der Waals surface area contributed by atoms with Crippen molar-refractivity contribution < 1.29 is 8.42 Å². The molecule has 0 amide bonds. The van der Waals surface area contributed by atoms with Gasteiger partial charge in [-0.2, -0.15) is 0 Å². The van der Waals surface area contributed by atoms with E-state index in [4.69, 9.17) is 11.5 Å². The van der Waals surface area contributed by atoms with E-state index in [1.54, 1.807) is 0 Å². The summed E-state index contributed by atoms with van der Waals surface area (Å²) in [6, 6.07) is 0. The van der Waals surface area contributed by atoms with Crippen molar-refractivity contribution in [2.75, 3.05) is 0 Å². The molecule has 0 rings (SSSR count). The number of rotatable bonds is 2. The Morgan fingerprint density at radius 2 is 1.33 bits per heavy atom. The van der Waals surface area contributed by atoms with Crippen molar-refractivity contribution in [3.63, 3.8) is 0 Å². The maximum Gasteiger partial charge on any atom is 0.195 e. The predicted molar refractivity (Wildman–Crippen MR) is 35.6 cm³/mol. The molecule has 5 heteroatoms. The van der Waals surface area contributed by atoms with Crippen LogP contribution in [0.1, 0.15) is 0 Å². The third kappa shape index (κ3) is 3.60. The second-order valence-electron chi connectivity index (χ2n) is 1.25. The lowest BCUT2D eigenvalue weighted by molar-refractivity contribution is 0.612. The Balaban J connectivity index is 4.42. The van der Waals surface area contributed by atoms with E-state index >= 15 is 0 Å². The van der Waals surface area contributed by atoms with E-state index in [-0.39, 0.29) is 0 Å². The summed E-state index contributed by atoms with van der Waals surface area (Å²) < 4.78 is 21.0. The summed E-state index contributed by atoms with van der Waals surface area (Å²) in [5, 5.41) is 1.72. The van der Waals surface area contributed by atoms with E-state index in [1.165, 1.54) is 0 Å². The summed E-state index contributed by atoms with van der Waals surface area (Å²) in [5.74, 6) is 0. The first-order valence-electron chi connectivity index (χ1n) is 2.14. The van der Waals surface area contributed by atoms with Gasteiger partial charge in [-0.05, 0) is 0 Å². The van der Waals surface area contributed by atoms with Gasteiger partial charge in [-0.15, -0.1) is 0 Å². The molecule has 0 aromatic rings. The molecule has 0 bridgehead atoms. The molecule has 52 valence electrons. The first-order chi connectivity index (χ1) is 4.12. The number of hydrogen-bond acceptors (Lipinski definition) is 4. The first-order valence-corrected chi connectivity index (χ1v) is 3.75. The average molecular weight is 148 g/mol. The second-order valence-corrected chi connectivity index (χ2v) is 2.97.